The van der Waals surface area contributed by atoms with Gasteiger partial charge in [0.25, 0.3) is 0 Å². The van der Waals surface area contributed by atoms with Crippen molar-refractivity contribution in [1.82, 2.24) is 0 Å². The Hall–Kier alpha value is -3.08. The molecule has 3 saturated heterocycles. The molecule has 0 bridgehead atoms. The summed E-state index contributed by atoms with van der Waals surface area (Å²) in [6, 6.07) is 19.9. The quantitative estimate of drug-likeness (QED) is 0.0799. The topological polar surface area (TPSA) is 180 Å². The first kappa shape index (κ1) is 58.1. The Morgan fingerprint density at radius 3 is 2.04 bits per heavy atom. The van der Waals surface area contributed by atoms with Crippen LogP contribution in [-0.4, -0.2) is 114 Å². The summed E-state index contributed by atoms with van der Waals surface area (Å²) in [4.78, 5) is 27.7. The van der Waals surface area contributed by atoms with E-state index in [2.05, 4.69) is 75.3 Å². The molecule has 3 heterocycles. The molecular formula is C65H94O13. The third-order valence-electron chi connectivity index (χ3n) is 23.4. The number of ether oxygens (including phenoxy) is 7. The molecule has 4 saturated carbocycles. The van der Waals surface area contributed by atoms with Gasteiger partial charge in [0.05, 0.1) is 49.7 Å². The van der Waals surface area contributed by atoms with Crippen LogP contribution in [0.5, 0.6) is 0 Å². The van der Waals surface area contributed by atoms with Crippen molar-refractivity contribution in [3.63, 3.8) is 0 Å². The van der Waals surface area contributed by atoms with Crippen LogP contribution in [0.15, 0.2) is 72.3 Å². The molecule has 0 radical (unpaired) electrons. The molecule has 3 aliphatic heterocycles. The first-order valence-electron chi connectivity index (χ1n) is 29.9. The number of aliphatic hydroxyl groups is 3. The molecule has 2 aromatic rings. The number of allylic oxidation sites excluding steroid dienone is 2. The van der Waals surface area contributed by atoms with Crippen molar-refractivity contribution >= 4 is 12.3 Å². The minimum atomic E-state index is -1.23. The lowest BCUT2D eigenvalue weighted by Crippen LogP contribution is -2.68. The highest BCUT2D eigenvalue weighted by molar-refractivity contribution is 5.77. The average molecular weight is 1080 g/mol. The Kier molecular flexibility index (Phi) is 16.3. The lowest BCUT2D eigenvalue weighted by Gasteiger charge is -2.71. The third kappa shape index (κ3) is 9.83. The van der Waals surface area contributed by atoms with Gasteiger partial charge < -0.3 is 58.4 Å². The van der Waals surface area contributed by atoms with Crippen LogP contribution in [0.25, 0.3) is 0 Å². The summed E-state index contributed by atoms with van der Waals surface area (Å²) < 4.78 is 48.1. The van der Waals surface area contributed by atoms with E-state index < -0.39 is 89.9 Å². The molecule has 10 rings (SSSR count). The predicted molar refractivity (Wildman–Crippen MR) is 294 cm³/mol. The minimum absolute atomic E-state index is 0.0367. The van der Waals surface area contributed by atoms with E-state index in [-0.39, 0.29) is 64.3 Å². The SMILES string of the molecule is CC1[C@H](O[C@@H]2C(O[C@@H]3OC(COCc4ccccc4)[C@H](C)[C@H](C)C3O)[C@H](O[C@H]3CCC4(C)C5CC=C6C7CC(C)(C)CC[C@]7(C(=O)O)C(O)CC6(C)C5(C)CC[C@H]4[C@@]3(C)C=O)OC(Cc3ccccc3)[C@@H]2O)OC[C@H](C)[C@@H]1C. The zero-order valence-corrected chi connectivity index (χ0v) is 48.6. The van der Waals surface area contributed by atoms with Crippen molar-refractivity contribution in [2.24, 2.45) is 79.8 Å². The first-order valence-corrected chi connectivity index (χ1v) is 29.9. The van der Waals surface area contributed by atoms with Gasteiger partial charge in [0, 0.05) is 12.3 Å². The summed E-state index contributed by atoms with van der Waals surface area (Å²) in [7, 11) is 0. The Balaban J connectivity index is 0.978. The van der Waals surface area contributed by atoms with Crippen LogP contribution in [0.2, 0.25) is 0 Å². The van der Waals surface area contributed by atoms with Crippen molar-refractivity contribution in [1.29, 1.82) is 0 Å². The number of aliphatic hydroxyl groups excluding tert-OH is 3. The van der Waals surface area contributed by atoms with Gasteiger partial charge in [-0.25, -0.2) is 0 Å². The first-order chi connectivity index (χ1) is 36.9. The monoisotopic (exact) mass is 1080 g/mol. The van der Waals surface area contributed by atoms with E-state index in [4.69, 9.17) is 33.2 Å². The number of hydrogen-bond acceptors (Lipinski definition) is 12. The van der Waals surface area contributed by atoms with Gasteiger partial charge in [-0.15, -0.1) is 0 Å². The summed E-state index contributed by atoms with van der Waals surface area (Å²) in [5.74, 6) is -0.922. The maximum Gasteiger partial charge on any atom is 0.312 e. The van der Waals surface area contributed by atoms with Crippen LogP contribution in [0.4, 0.5) is 0 Å². The number of aldehydes is 1. The second-order valence-corrected chi connectivity index (χ2v) is 28.0. The fraction of sp³-hybridized carbons (Fsp3) is 0.754. The van der Waals surface area contributed by atoms with Crippen LogP contribution < -0.4 is 0 Å². The fourth-order valence-corrected chi connectivity index (χ4v) is 17.5. The molecular weight excluding hydrogens is 989 g/mol. The highest BCUT2D eigenvalue weighted by atomic mass is 16.8. The Bertz CT molecular complexity index is 2450. The summed E-state index contributed by atoms with van der Waals surface area (Å²) in [5, 5.41) is 48.1. The van der Waals surface area contributed by atoms with Gasteiger partial charge >= 0.3 is 5.97 Å². The number of fused-ring (bicyclic) bond motifs is 7. The molecule has 2 aromatic carbocycles. The van der Waals surface area contributed by atoms with Gasteiger partial charge in [-0.1, -0.05) is 148 Å². The number of carbonyl (C=O) groups excluding carboxylic acids is 1. The Morgan fingerprint density at radius 1 is 0.692 bits per heavy atom. The van der Waals surface area contributed by atoms with Crippen LogP contribution >= 0.6 is 0 Å². The van der Waals surface area contributed by atoms with E-state index in [0.717, 1.165) is 55.9 Å². The molecule has 24 atom stereocenters. The molecule has 78 heavy (non-hydrogen) atoms. The zero-order valence-electron chi connectivity index (χ0n) is 48.6. The number of hydrogen-bond donors (Lipinski definition) is 4. The maximum absolute atomic E-state index is 14.3. The molecule has 432 valence electrons. The van der Waals surface area contributed by atoms with E-state index in [9.17, 15) is 30.0 Å². The van der Waals surface area contributed by atoms with Gasteiger partial charge in [-0.3, -0.25) is 4.79 Å². The number of rotatable bonds is 14. The van der Waals surface area contributed by atoms with Gasteiger partial charge in [-0.2, -0.15) is 0 Å². The van der Waals surface area contributed by atoms with Crippen molar-refractivity contribution in [3.05, 3.63) is 83.4 Å². The standard InChI is InChI=1S/C65H94O13/c1-37-33-73-56(41(5)38(37)2)77-54-53(69)46(30-42-18-14-12-15-19-42)74-58(55(54)78-57-52(68)40(4)39(3)47(75-57)35-72-34-43-20-16-13-17-21-43)76-51-25-26-61(8)48(62(51,9)36-66)24-27-63(10)49(61)23-22-44-45-31-60(6,7)28-29-65(45,59(70)71)50(67)32-64(44,63)11/h12-22,36-41,45-58,67-69H,23-35H2,1-11H3,(H,70,71)/t37-,38-,39+,40-,41?,45?,46?,47?,48+,49?,50?,51-,52?,53-,54-,55?,56-,57-,58-,61?,62+,63?,64?,65+/m0/s1. The lowest BCUT2D eigenvalue weighted by molar-refractivity contribution is -0.387. The molecule has 13 heteroatoms. The number of carboxylic acid groups (broad SMARTS) is 1. The molecule has 0 amide bonds. The molecule has 8 aliphatic rings. The van der Waals surface area contributed by atoms with Crippen LogP contribution in [0, 0.1) is 79.8 Å². The van der Waals surface area contributed by atoms with Crippen molar-refractivity contribution < 1.29 is 63.2 Å². The van der Waals surface area contributed by atoms with Crippen molar-refractivity contribution in [2.45, 2.75) is 215 Å². The van der Waals surface area contributed by atoms with E-state index >= 15 is 0 Å². The largest absolute Gasteiger partial charge is 0.481 e. The summed E-state index contributed by atoms with van der Waals surface area (Å²) in [6.45, 7) is 25.3. The molecule has 5 aliphatic carbocycles. The lowest BCUT2D eigenvalue weighted by atomic mass is 9.33. The van der Waals surface area contributed by atoms with Gasteiger partial charge in [0.2, 0.25) is 0 Å². The summed E-state index contributed by atoms with van der Waals surface area (Å²) >= 11 is 0. The number of carbonyl (C=O) groups is 2. The number of benzene rings is 2. The second kappa shape index (κ2) is 21.9. The Labute approximate surface area is 464 Å². The van der Waals surface area contributed by atoms with Gasteiger partial charge in [-0.05, 0) is 132 Å². The van der Waals surface area contributed by atoms with Gasteiger partial charge in [0.1, 0.15) is 36.1 Å². The summed E-state index contributed by atoms with van der Waals surface area (Å²) in [6.07, 6.45) is -0.636. The normalized spacial score (nSPS) is 48.0. The maximum atomic E-state index is 14.3. The van der Waals surface area contributed by atoms with Crippen molar-refractivity contribution in [3.8, 4) is 0 Å². The molecule has 0 aromatic heterocycles. The molecule has 7 fully saturated rings. The van der Waals surface area contributed by atoms with E-state index in [0.29, 0.717) is 44.8 Å². The number of carboxylic acids is 1. The highest BCUT2D eigenvalue weighted by Gasteiger charge is 2.72. The fourth-order valence-electron chi connectivity index (χ4n) is 17.5. The van der Waals surface area contributed by atoms with Crippen LogP contribution in [0.3, 0.4) is 0 Å². The molecule has 11 unspecified atom stereocenters. The smallest absolute Gasteiger partial charge is 0.312 e. The van der Waals surface area contributed by atoms with Crippen LogP contribution in [-0.2, 0) is 55.8 Å². The predicted octanol–water partition coefficient (Wildman–Crippen LogP) is 10.3. The zero-order chi connectivity index (χ0) is 55.9. The highest BCUT2D eigenvalue weighted by Crippen LogP contribution is 2.76. The average Bonchev–Trinajstić information content (AvgIpc) is 3.50. The van der Waals surface area contributed by atoms with E-state index in [1.165, 1.54) is 5.57 Å². The van der Waals surface area contributed by atoms with E-state index in [1.807, 2.05) is 67.6 Å². The number of aliphatic carboxylic acids is 1. The van der Waals surface area contributed by atoms with Crippen LogP contribution in [0.1, 0.15) is 145 Å². The minimum Gasteiger partial charge on any atom is -0.481 e. The molecule has 13 nitrogen and oxygen atoms in total. The molecule has 4 N–H and O–H groups in total. The van der Waals surface area contributed by atoms with E-state index in [1.54, 1.807) is 0 Å². The third-order valence-corrected chi connectivity index (χ3v) is 23.4. The second-order valence-electron chi connectivity index (χ2n) is 28.0. The summed E-state index contributed by atoms with van der Waals surface area (Å²) in [5.41, 5.74) is -0.0735. The van der Waals surface area contributed by atoms with Gasteiger partial charge in [0.15, 0.2) is 18.9 Å². The van der Waals surface area contributed by atoms with Crippen molar-refractivity contribution in [2.75, 3.05) is 13.2 Å². The Morgan fingerprint density at radius 2 is 1.36 bits per heavy atom. The molecule has 0 spiro atoms.